The molecule has 1 aliphatic rings. The number of esters is 1. The number of anilines is 2. The van der Waals surface area contributed by atoms with Gasteiger partial charge in [0.2, 0.25) is 5.91 Å². The molecule has 7 heteroatoms. The van der Waals surface area contributed by atoms with Gasteiger partial charge in [-0.25, -0.2) is 0 Å². The van der Waals surface area contributed by atoms with Crippen molar-refractivity contribution in [1.82, 2.24) is 0 Å². The number of carbonyl (C=O) groups excluding carboxylic acids is 3. The summed E-state index contributed by atoms with van der Waals surface area (Å²) >= 11 is 0. The van der Waals surface area contributed by atoms with Crippen LogP contribution in [-0.4, -0.2) is 38.0 Å². The molecule has 1 fully saturated rings. The summed E-state index contributed by atoms with van der Waals surface area (Å²) < 4.78 is 10.4. The van der Waals surface area contributed by atoms with Crippen LogP contribution in [0.1, 0.15) is 18.9 Å². The number of hydrogen-bond acceptors (Lipinski definition) is 5. The molecule has 0 aromatic heterocycles. The maximum Gasteiger partial charge on any atom is 0.311 e. The maximum absolute atomic E-state index is 12.4. The maximum atomic E-state index is 12.4. The van der Waals surface area contributed by atoms with Crippen LogP contribution in [0.5, 0.6) is 5.75 Å². The monoisotopic (exact) mass is 396 g/mol. The van der Waals surface area contributed by atoms with Crippen molar-refractivity contribution in [3.8, 4) is 5.75 Å². The largest absolute Gasteiger partial charge is 0.495 e. The van der Waals surface area contributed by atoms with E-state index >= 15 is 0 Å². The molecule has 7 nitrogen and oxygen atoms in total. The van der Waals surface area contributed by atoms with Crippen molar-refractivity contribution in [2.24, 2.45) is 5.92 Å². The molecule has 2 amide bonds. The predicted octanol–water partition coefficient (Wildman–Crippen LogP) is 2.79. The number of benzene rings is 2. The van der Waals surface area contributed by atoms with E-state index < -0.39 is 24.4 Å². The van der Waals surface area contributed by atoms with Crippen LogP contribution in [0, 0.1) is 5.92 Å². The zero-order valence-corrected chi connectivity index (χ0v) is 16.5. The van der Waals surface area contributed by atoms with Crippen LogP contribution in [-0.2, 0) is 25.5 Å². The summed E-state index contributed by atoms with van der Waals surface area (Å²) in [5.74, 6) is -1.23. The minimum absolute atomic E-state index is 0.0387. The molecule has 0 unspecified atom stereocenters. The Balaban J connectivity index is 1.53. The Labute approximate surface area is 169 Å². The van der Waals surface area contributed by atoms with Gasteiger partial charge in [0.25, 0.3) is 5.91 Å². The molecule has 0 radical (unpaired) electrons. The first-order valence-electron chi connectivity index (χ1n) is 9.50. The molecule has 2 aromatic carbocycles. The third-order valence-electron chi connectivity index (χ3n) is 4.83. The zero-order valence-electron chi connectivity index (χ0n) is 16.5. The van der Waals surface area contributed by atoms with Gasteiger partial charge in [0.05, 0.1) is 18.7 Å². The lowest BCUT2D eigenvalue weighted by Crippen LogP contribution is -2.28. The minimum Gasteiger partial charge on any atom is -0.495 e. The van der Waals surface area contributed by atoms with Crippen molar-refractivity contribution in [2.75, 3.05) is 30.5 Å². The number of para-hydroxylation sites is 2. The second kappa shape index (κ2) is 9.23. The third-order valence-corrected chi connectivity index (χ3v) is 4.83. The summed E-state index contributed by atoms with van der Waals surface area (Å²) in [4.78, 5) is 38.3. The summed E-state index contributed by atoms with van der Waals surface area (Å²) in [5, 5.41) is 2.69. The Hall–Kier alpha value is -3.35. The predicted molar refractivity (Wildman–Crippen MR) is 109 cm³/mol. The second-order valence-electron chi connectivity index (χ2n) is 6.78. The average molecular weight is 396 g/mol. The number of nitrogens with one attached hydrogen (secondary N) is 1. The highest BCUT2D eigenvalue weighted by Gasteiger charge is 2.37. The normalized spacial score (nSPS) is 15.9. The van der Waals surface area contributed by atoms with E-state index in [2.05, 4.69) is 12.2 Å². The molecule has 0 saturated carbocycles. The van der Waals surface area contributed by atoms with Crippen molar-refractivity contribution in [3.63, 3.8) is 0 Å². The first-order chi connectivity index (χ1) is 14.0. The summed E-state index contributed by atoms with van der Waals surface area (Å²) in [6.07, 6.45) is 0.953. The highest BCUT2D eigenvalue weighted by atomic mass is 16.5. The molecule has 1 heterocycles. The number of aryl methyl sites for hydroxylation is 1. The number of ether oxygens (including phenoxy) is 2. The Morgan fingerprint density at radius 2 is 1.86 bits per heavy atom. The van der Waals surface area contributed by atoms with Crippen LogP contribution in [0.15, 0.2) is 48.5 Å². The summed E-state index contributed by atoms with van der Waals surface area (Å²) in [6.45, 7) is 1.85. The fourth-order valence-corrected chi connectivity index (χ4v) is 3.23. The van der Waals surface area contributed by atoms with E-state index in [1.165, 1.54) is 17.6 Å². The van der Waals surface area contributed by atoms with Gasteiger partial charge in [0, 0.05) is 18.7 Å². The molecule has 0 spiro atoms. The van der Waals surface area contributed by atoms with Crippen LogP contribution in [0.4, 0.5) is 11.4 Å². The van der Waals surface area contributed by atoms with Gasteiger partial charge in [0.1, 0.15) is 5.75 Å². The van der Waals surface area contributed by atoms with Crippen LogP contribution in [0.3, 0.4) is 0 Å². The topological polar surface area (TPSA) is 84.9 Å². The van der Waals surface area contributed by atoms with Crippen LogP contribution < -0.4 is 15.0 Å². The molecule has 0 bridgehead atoms. The molecule has 1 atom stereocenters. The van der Waals surface area contributed by atoms with E-state index in [1.54, 1.807) is 30.3 Å². The highest BCUT2D eigenvalue weighted by molar-refractivity contribution is 6.01. The number of hydrogen-bond donors (Lipinski definition) is 1. The summed E-state index contributed by atoms with van der Waals surface area (Å²) in [7, 11) is 1.53. The van der Waals surface area contributed by atoms with Gasteiger partial charge >= 0.3 is 5.97 Å². The third kappa shape index (κ3) is 4.93. The van der Waals surface area contributed by atoms with Crippen LogP contribution in [0.25, 0.3) is 0 Å². The van der Waals surface area contributed by atoms with Crippen LogP contribution in [0.2, 0.25) is 0 Å². The molecule has 1 N–H and O–H groups in total. The van der Waals surface area contributed by atoms with Crippen molar-refractivity contribution in [1.29, 1.82) is 0 Å². The number of carbonyl (C=O) groups is 3. The Morgan fingerprint density at radius 1 is 1.14 bits per heavy atom. The fraction of sp³-hybridized carbons (Fsp3) is 0.318. The molecule has 29 heavy (non-hydrogen) atoms. The Kier molecular flexibility index (Phi) is 6.49. The van der Waals surface area contributed by atoms with Crippen molar-refractivity contribution in [3.05, 3.63) is 54.1 Å². The molecule has 152 valence electrons. The van der Waals surface area contributed by atoms with E-state index in [9.17, 15) is 14.4 Å². The highest BCUT2D eigenvalue weighted by Crippen LogP contribution is 2.33. The lowest BCUT2D eigenvalue weighted by molar-refractivity contribution is -0.151. The van der Waals surface area contributed by atoms with Gasteiger partial charge < -0.3 is 19.7 Å². The number of rotatable bonds is 7. The molecular formula is C22H24N2O5. The Morgan fingerprint density at radius 3 is 2.55 bits per heavy atom. The second-order valence-corrected chi connectivity index (χ2v) is 6.78. The van der Waals surface area contributed by atoms with E-state index in [4.69, 9.17) is 9.47 Å². The van der Waals surface area contributed by atoms with Crippen molar-refractivity contribution in [2.45, 2.75) is 19.8 Å². The quantitative estimate of drug-likeness (QED) is 0.728. The van der Waals surface area contributed by atoms with E-state index in [0.29, 0.717) is 17.1 Å². The summed E-state index contributed by atoms with van der Waals surface area (Å²) in [5.41, 5.74) is 2.42. The van der Waals surface area contributed by atoms with Gasteiger partial charge in [-0.2, -0.15) is 0 Å². The molecule has 1 aliphatic heterocycles. The average Bonchev–Trinajstić information content (AvgIpc) is 3.14. The molecule has 1 saturated heterocycles. The molecule has 3 rings (SSSR count). The van der Waals surface area contributed by atoms with Gasteiger partial charge in [-0.3, -0.25) is 14.4 Å². The summed E-state index contributed by atoms with van der Waals surface area (Å²) in [6, 6.07) is 14.6. The van der Waals surface area contributed by atoms with Gasteiger partial charge in [-0.15, -0.1) is 0 Å². The number of amides is 2. The van der Waals surface area contributed by atoms with Gasteiger partial charge in [0.15, 0.2) is 6.61 Å². The molecular weight excluding hydrogens is 372 g/mol. The van der Waals surface area contributed by atoms with E-state index in [0.717, 1.165) is 6.42 Å². The molecule has 2 aromatic rings. The lowest BCUT2D eigenvalue weighted by Gasteiger charge is -2.19. The van der Waals surface area contributed by atoms with Crippen LogP contribution >= 0.6 is 0 Å². The first kappa shape index (κ1) is 20.4. The van der Waals surface area contributed by atoms with E-state index in [-0.39, 0.29) is 18.9 Å². The number of nitrogens with zero attached hydrogens (tertiary/aromatic N) is 1. The fourth-order valence-electron chi connectivity index (χ4n) is 3.23. The standard InChI is InChI=1S/C22H24N2O5/c1-3-15-8-10-17(11-9-15)23-20(25)14-29-22(27)16-12-21(26)24(13-16)18-6-4-5-7-19(18)28-2/h4-11,16H,3,12-14H2,1-2H3,(H,23,25)/t16-/m1/s1. The van der Waals surface area contributed by atoms with Gasteiger partial charge in [-0.05, 0) is 36.2 Å². The number of methoxy groups -OCH3 is 1. The lowest BCUT2D eigenvalue weighted by atomic mass is 10.1. The molecule has 0 aliphatic carbocycles. The zero-order chi connectivity index (χ0) is 20.8. The van der Waals surface area contributed by atoms with Crippen molar-refractivity contribution >= 4 is 29.2 Å². The smallest absolute Gasteiger partial charge is 0.311 e. The Bertz CT molecular complexity index is 894. The SMILES string of the molecule is CCc1ccc(NC(=O)COC(=O)[C@@H]2CC(=O)N(c3ccccc3OC)C2)cc1. The van der Waals surface area contributed by atoms with Crippen molar-refractivity contribution < 1.29 is 23.9 Å². The minimum atomic E-state index is -0.621. The van der Waals surface area contributed by atoms with Gasteiger partial charge in [-0.1, -0.05) is 31.2 Å². The first-order valence-corrected chi connectivity index (χ1v) is 9.50. The van der Waals surface area contributed by atoms with E-state index in [1.807, 2.05) is 18.2 Å².